The van der Waals surface area contributed by atoms with E-state index in [4.69, 9.17) is 9.47 Å². The number of nitrogens with zero attached hydrogens (tertiary/aromatic N) is 2. The van der Waals surface area contributed by atoms with Crippen molar-refractivity contribution in [3.8, 4) is 22.9 Å². The van der Waals surface area contributed by atoms with Crippen LogP contribution in [0.3, 0.4) is 0 Å². The quantitative estimate of drug-likeness (QED) is 0.669. The molecule has 3 aromatic rings. The monoisotopic (exact) mass is 377 g/mol. The number of aryl methyl sites for hydroxylation is 2. The van der Waals surface area contributed by atoms with Gasteiger partial charge in [0, 0.05) is 17.3 Å². The first-order valence-corrected chi connectivity index (χ1v) is 9.12. The second kappa shape index (κ2) is 8.99. The molecule has 144 valence electrons. The molecule has 0 saturated carbocycles. The first-order chi connectivity index (χ1) is 13.5. The number of carbonyl (C=O) groups excluding carboxylic acids is 1. The van der Waals surface area contributed by atoms with Crippen molar-refractivity contribution < 1.29 is 14.3 Å². The maximum atomic E-state index is 12.2. The third-order valence-corrected chi connectivity index (χ3v) is 4.10. The molecule has 0 fully saturated rings. The van der Waals surface area contributed by atoms with Crippen molar-refractivity contribution in [3.63, 3.8) is 0 Å². The van der Waals surface area contributed by atoms with Crippen LogP contribution < -0.4 is 14.8 Å². The van der Waals surface area contributed by atoms with Crippen LogP contribution >= 0.6 is 0 Å². The molecule has 1 N–H and O–H groups in total. The summed E-state index contributed by atoms with van der Waals surface area (Å²) in [7, 11) is 0. The van der Waals surface area contributed by atoms with Gasteiger partial charge in [-0.2, -0.15) is 0 Å². The van der Waals surface area contributed by atoms with Gasteiger partial charge < -0.3 is 14.8 Å². The van der Waals surface area contributed by atoms with Gasteiger partial charge in [-0.05, 0) is 56.2 Å². The molecular formula is C22H23N3O3. The lowest BCUT2D eigenvalue weighted by molar-refractivity contribution is -0.118. The smallest absolute Gasteiger partial charge is 0.262 e. The largest absolute Gasteiger partial charge is 0.483 e. The Balaban J connectivity index is 1.57. The second-order valence-corrected chi connectivity index (χ2v) is 6.37. The topological polar surface area (TPSA) is 73.3 Å². The molecule has 0 aliphatic carbocycles. The third-order valence-electron chi connectivity index (χ3n) is 4.10. The summed E-state index contributed by atoms with van der Waals surface area (Å²) < 4.78 is 10.9. The minimum Gasteiger partial charge on any atom is -0.483 e. The summed E-state index contributed by atoms with van der Waals surface area (Å²) in [5.74, 6) is 1.01. The molecule has 1 heterocycles. The van der Waals surface area contributed by atoms with Crippen LogP contribution in [0.2, 0.25) is 0 Å². The number of rotatable bonds is 7. The number of aromatic nitrogens is 2. The van der Waals surface area contributed by atoms with Gasteiger partial charge in [0.2, 0.25) is 5.88 Å². The number of ether oxygens (including phenoxy) is 2. The molecule has 6 nitrogen and oxygen atoms in total. The fraction of sp³-hybridized carbons (Fsp3) is 0.227. The Morgan fingerprint density at radius 2 is 1.75 bits per heavy atom. The van der Waals surface area contributed by atoms with Crippen molar-refractivity contribution >= 4 is 11.6 Å². The van der Waals surface area contributed by atoms with Gasteiger partial charge in [-0.1, -0.05) is 24.3 Å². The molecule has 0 bridgehead atoms. The highest BCUT2D eigenvalue weighted by atomic mass is 16.5. The lowest BCUT2D eigenvalue weighted by Gasteiger charge is -2.10. The van der Waals surface area contributed by atoms with Crippen LogP contribution in [0, 0.1) is 13.8 Å². The molecular weight excluding hydrogens is 354 g/mol. The van der Waals surface area contributed by atoms with E-state index >= 15 is 0 Å². The van der Waals surface area contributed by atoms with E-state index in [1.807, 2.05) is 69.3 Å². The zero-order valence-electron chi connectivity index (χ0n) is 16.2. The summed E-state index contributed by atoms with van der Waals surface area (Å²) in [4.78, 5) is 12.2. The molecule has 0 atom stereocenters. The fourth-order valence-electron chi connectivity index (χ4n) is 2.63. The zero-order chi connectivity index (χ0) is 19.9. The van der Waals surface area contributed by atoms with E-state index in [0.29, 0.717) is 18.2 Å². The van der Waals surface area contributed by atoms with Gasteiger partial charge >= 0.3 is 0 Å². The van der Waals surface area contributed by atoms with E-state index < -0.39 is 0 Å². The van der Waals surface area contributed by atoms with Gasteiger partial charge in [0.25, 0.3) is 5.91 Å². The van der Waals surface area contributed by atoms with Crippen molar-refractivity contribution in [2.45, 2.75) is 20.8 Å². The third kappa shape index (κ3) is 5.07. The summed E-state index contributed by atoms with van der Waals surface area (Å²) in [6.07, 6.45) is 0. The lowest BCUT2D eigenvalue weighted by atomic mass is 10.1. The zero-order valence-corrected chi connectivity index (χ0v) is 16.2. The molecule has 0 saturated heterocycles. The van der Waals surface area contributed by atoms with Crippen LogP contribution in [-0.2, 0) is 4.79 Å². The van der Waals surface area contributed by atoms with Gasteiger partial charge in [-0.25, -0.2) is 0 Å². The van der Waals surface area contributed by atoms with Crippen LogP contribution in [0.25, 0.3) is 11.3 Å². The minimum absolute atomic E-state index is 0.0452. The number of hydrogen-bond donors (Lipinski definition) is 1. The lowest BCUT2D eigenvalue weighted by Crippen LogP contribution is -2.20. The first kappa shape index (κ1) is 19.4. The Kier molecular flexibility index (Phi) is 6.22. The Morgan fingerprint density at radius 3 is 2.43 bits per heavy atom. The van der Waals surface area contributed by atoms with E-state index in [0.717, 1.165) is 28.1 Å². The minimum atomic E-state index is -0.213. The van der Waals surface area contributed by atoms with E-state index in [-0.39, 0.29) is 12.5 Å². The highest BCUT2D eigenvalue weighted by Crippen LogP contribution is 2.21. The summed E-state index contributed by atoms with van der Waals surface area (Å²) in [5, 5.41) is 11.0. The van der Waals surface area contributed by atoms with E-state index in [1.165, 1.54) is 0 Å². The molecule has 0 aliphatic heterocycles. The molecule has 0 unspecified atom stereocenters. The predicted molar refractivity (Wildman–Crippen MR) is 109 cm³/mol. The number of nitrogens with one attached hydrogen (secondary N) is 1. The van der Waals surface area contributed by atoms with Crippen LogP contribution in [0.15, 0.2) is 54.6 Å². The molecule has 28 heavy (non-hydrogen) atoms. The van der Waals surface area contributed by atoms with Crippen molar-refractivity contribution in [1.29, 1.82) is 0 Å². The van der Waals surface area contributed by atoms with Crippen LogP contribution in [0.5, 0.6) is 11.6 Å². The van der Waals surface area contributed by atoms with Gasteiger partial charge in [0.15, 0.2) is 6.61 Å². The van der Waals surface area contributed by atoms with Crippen molar-refractivity contribution in [3.05, 3.63) is 65.7 Å². The standard InChI is InChI=1S/C22H23N3O3/c1-4-27-22-12-11-19(24-25-22)17-7-9-18(10-8-17)23-21(26)14-28-20-13-15(2)5-6-16(20)3/h5-13H,4,14H2,1-3H3,(H,23,26). The van der Waals surface area contributed by atoms with Gasteiger partial charge in [-0.15, -0.1) is 10.2 Å². The summed E-state index contributed by atoms with van der Waals surface area (Å²) in [6, 6.07) is 17.0. The maximum Gasteiger partial charge on any atom is 0.262 e. The average molecular weight is 377 g/mol. The maximum absolute atomic E-state index is 12.2. The van der Waals surface area contributed by atoms with Crippen molar-refractivity contribution in [2.75, 3.05) is 18.5 Å². The van der Waals surface area contributed by atoms with E-state index in [9.17, 15) is 4.79 Å². The van der Waals surface area contributed by atoms with Crippen LogP contribution in [0.1, 0.15) is 18.1 Å². The van der Waals surface area contributed by atoms with Crippen molar-refractivity contribution in [1.82, 2.24) is 10.2 Å². The molecule has 6 heteroatoms. The Bertz CT molecular complexity index is 938. The number of benzene rings is 2. The molecule has 0 aliphatic rings. The van der Waals surface area contributed by atoms with Gasteiger partial charge in [-0.3, -0.25) is 4.79 Å². The summed E-state index contributed by atoms with van der Waals surface area (Å²) in [5.41, 5.74) is 4.42. The fourth-order valence-corrected chi connectivity index (χ4v) is 2.63. The Hall–Kier alpha value is -3.41. The molecule has 1 amide bonds. The average Bonchev–Trinajstić information content (AvgIpc) is 2.70. The second-order valence-electron chi connectivity index (χ2n) is 6.37. The first-order valence-electron chi connectivity index (χ1n) is 9.12. The SMILES string of the molecule is CCOc1ccc(-c2ccc(NC(=O)COc3cc(C)ccc3C)cc2)nn1. The number of carbonyl (C=O) groups is 1. The summed E-state index contributed by atoms with van der Waals surface area (Å²) >= 11 is 0. The van der Waals surface area contributed by atoms with Gasteiger partial charge in [0.05, 0.1) is 12.3 Å². The normalized spacial score (nSPS) is 10.4. The molecule has 1 aromatic heterocycles. The number of amides is 1. The van der Waals surface area contributed by atoms with Gasteiger partial charge in [0.1, 0.15) is 5.75 Å². The predicted octanol–water partition coefficient (Wildman–Crippen LogP) is 4.18. The van der Waals surface area contributed by atoms with Crippen LogP contribution in [0.4, 0.5) is 5.69 Å². The summed E-state index contributed by atoms with van der Waals surface area (Å²) in [6.45, 7) is 6.35. The molecule has 0 spiro atoms. The highest BCUT2D eigenvalue weighted by Gasteiger charge is 2.07. The van der Waals surface area contributed by atoms with E-state index in [2.05, 4.69) is 15.5 Å². The van der Waals surface area contributed by atoms with Crippen LogP contribution in [-0.4, -0.2) is 29.3 Å². The number of anilines is 1. The highest BCUT2D eigenvalue weighted by molar-refractivity contribution is 5.92. The molecule has 0 radical (unpaired) electrons. The Labute approximate surface area is 164 Å². The Morgan fingerprint density at radius 1 is 0.964 bits per heavy atom. The number of hydrogen-bond acceptors (Lipinski definition) is 5. The van der Waals surface area contributed by atoms with Crippen molar-refractivity contribution in [2.24, 2.45) is 0 Å². The molecule has 2 aromatic carbocycles. The van der Waals surface area contributed by atoms with E-state index in [1.54, 1.807) is 6.07 Å². The molecule has 3 rings (SSSR count).